The first-order valence-electron chi connectivity index (χ1n) is 6.66. The Kier molecular flexibility index (Phi) is 1.14. The van der Waals surface area contributed by atoms with Gasteiger partial charge in [0.25, 0.3) is 0 Å². The molecule has 1 saturated heterocycles. The molecule has 0 amide bonds. The summed E-state index contributed by atoms with van der Waals surface area (Å²) in [4.78, 5) is 12.4. The Morgan fingerprint density at radius 1 is 1.00 bits per heavy atom. The van der Waals surface area contributed by atoms with Crippen molar-refractivity contribution in [3.8, 4) is 0 Å². The van der Waals surface area contributed by atoms with Crippen molar-refractivity contribution in [3.63, 3.8) is 0 Å². The average molecular weight is 250 g/mol. The normalized spacial score (nSPS) is 69.9. The smallest absolute Gasteiger partial charge is 0.140 e. The minimum Gasteiger partial charge on any atom is -0.299 e. The molecule has 0 aromatic carbocycles. The number of fused-ring (bicyclic) bond motifs is 4. The van der Waals surface area contributed by atoms with Crippen LogP contribution in [0.25, 0.3) is 0 Å². The minimum atomic E-state index is 0.535. The Hall–Kier alpha value is 0.370. The van der Waals surface area contributed by atoms with E-state index in [1.54, 1.807) is 0 Å². The lowest BCUT2D eigenvalue weighted by atomic mass is 9.59. The highest BCUT2D eigenvalue weighted by atomic mass is 32.2. The number of carbonyl (C=O) groups excluding carboxylic acids is 1. The van der Waals surface area contributed by atoms with E-state index in [4.69, 9.17) is 0 Å². The van der Waals surface area contributed by atoms with E-state index >= 15 is 0 Å². The van der Waals surface area contributed by atoms with Gasteiger partial charge in [-0.25, -0.2) is 0 Å². The quantitative estimate of drug-likeness (QED) is 0.655. The highest BCUT2D eigenvalue weighted by Gasteiger charge is 2.88. The number of hydrogen-bond donors (Lipinski definition) is 0. The molecular weight excluding hydrogens is 236 g/mol. The fourth-order valence-corrected chi connectivity index (χ4v) is 11.1. The highest BCUT2D eigenvalue weighted by Crippen LogP contribution is 2.88. The van der Waals surface area contributed by atoms with Gasteiger partial charge in [-0.15, -0.1) is 23.5 Å². The van der Waals surface area contributed by atoms with E-state index in [1.165, 1.54) is 17.9 Å². The Bertz CT molecular complexity index is 441. The molecule has 0 unspecified atom stereocenters. The molecule has 16 heavy (non-hydrogen) atoms. The van der Waals surface area contributed by atoms with Gasteiger partial charge >= 0.3 is 0 Å². The van der Waals surface area contributed by atoms with E-state index in [0.717, 1.165) is 41.3 Å². The third-order valence-electron chi connectivity index (χ3n) is 6.83. The lowest BCUT2D eigenvalue weighted by Gasteiger charge is -2.50. The molecule has 0 radical (unpaired) electrons. The van der Waals surface area contributed by atoms with Crippen molar-refractivity contribution in [3.05, 3.63) is 0 Å². The lowest BCUT2D eigenvalue weighted by molar-refractivity contribution is -0.133. The van der Waals surface area contributed by atoms with Crippen LogP contribution < -0.4 is 0 Å². The first-order valence-corrected chi connectivity index (χ1v) is 8.63. The van der Waals surface area contributed by atoms with Crippen LogP contribution in [-0.4, -0.2) is 21.4 Å². The average Bonchev–Trinajstić information content (AvgIpc) is 2.87. The number of Topliss-reactive ketones (excluding diaryl/α,β-unsaturated/α-hetero) is 1. The minimum absolute atomic E-state index is 0.535. The molecule has 1 heterocycles. The van der Waals surface area contributed by atoms with Crippen LogP contribution in [0.15, 0.2) is 0 Å². The van der Waals surface area contributed by atoms with Crippen molar-refractivity contribution in [1.29, 1.82) is 0 Å². The molecule has 6 rings (SSSR count). The van der Waals surface area contributed by atoms with E-state index in [0.29, 0.717) is 15.9 Å². The van der Waals surface area contributed by atoms with Crippen LogP contribution in [0.3, 0.4) is 0 Å². The Morgan fingerprint density at radius 3 is 2.62 bits per heavy atom. The fraction of sp³-hybridized carbons (Fsp3) is 0.923. The van der Waals surface area contributed by atoms with E-state index in [9.17, 15) is 4.79 Å². The molecule has 8 atom stereocenters. The third kappa shape index (κ3) is 0.534. The molecule has 5 saturated carbocycles. The fourth-order valence-electron chi connectivity index (χ4n) is 6.94. The molecular formula is C13H14OS2. The zero-order valence-corrected chi connectivity index (χ0v) is 10.6. The van der Waals surface area contributed by atoms with E-state index < -0.39 is 0 Å². The van der Waals surface area contributed by atoms with Gasteiger partial charge in [-0.1, -0.05) is 0 Å². The molecule has 1 spiro atoms. The summed E-state index contributed by atoms with van der Waals surface area (Å²) in [5.74, 6) is 9.84. The second kappa shape index (κ2) is 2.16. The first kappa shape index (κ1) is 8.47. The summed E-state index contributed by atoms with van der Waals surface area (Å²) in [6.07, 6.45) is 1.44. The van der Waals surface area contributed by atoms with Crippen molar-refractivity contribution >= 4 is 29.3 Å². The second-order valence-electron chi connectivity index (χ2n) is 6.64. The summed E-state index contributed by atoms with van der Waals surface area (Å²) in [5.41, 5.74) is 0. The number of rotatable bonds is 0. The predicted molar refractivity (Wildman–Crippen MR) is 65.2 cm³/mol. The maximum Gasteiger partial charge on any atom is 0.140 e. The van der Waals surface area contributed by atoms with Gasteiger partial charge in [0.15, 0.2) is 0 Å². The zero-order chi connectivity index (χ0) is 10.2. The Labute approximate surface area is 103 Å². The van der Waals surface area contributed by atoms with Gasteiger partial charge in [0.05, 0.1) is 4.08 Å². The van der Waals surface area contributed by atoms with Gasteiger partial charge in [0.2, 0.25) is 0 Å². The molecule has 6 fully saturated rings. The summed E-state index contributed by atoms with van der Waals surface area (Å²) < 4.78 is 0.542. The van der Waals surface area contributed by atoms with Crippen LogP contribution in [0, 0.1) is 47.3 Å². The second-order valence-corrected chi connectivity index (χ2v) is 9.65. The monoisotopic (exact) mass is 250 g/mol. The molecule has 2 bridgehead atoms. The lowest BCUT2D eigenvalue weighted by Crippen LogP contribution is -2.53. The first-order chi connectivity index (χ1) is 7.84. The SMILES string of the molecule is O=C1[C@@H]2[C@H]3[C@@H]4C[C@H]5[C@H]3[C@H]2C2(SCCS2)[C@H]5[C@@H]14. The summed E-state index contributed by atoms with van der Waals surface area (Å²) in [6.45, 7) is 0. The molecule has 1 nitrogen and oxygen atoms in total. The summed E-state index contributed by atoms with van der Waals surface area (Å²) in [7, 11) is 0. The molecule has 1 aliphatic heterocycles. The molecule has 6 aliphatic rings. The molecule has 0 aromatic rings. The maximum absolute atomic E-state index is 12.4. The van der Waals surface area contributed by atoms with Gasteiger partial charge in [-0.2, -0.15) is 0 Å². The standard InChI is InChI=1S/C13H14OS2/c14-12-8-4-3-5-7-6(4)9(12)11(7)13(10(5)8)15-1-2-16-13/h4-11H,1-3H2/t4-,5-,6-,7+,8-,9+,10+,11+/m0/s1. The van der Waals surface area contributed by atoms with E-state index in [2.05, 4.69) is 23.5 Å². The van der Waals surface area contributed by atoms with Crippen LogP contribution in [0.4, 0.5) is 0 Å². The van der Waals surface area contributed by atoms with Gasteiger partial charge in [-0.05, 0) is 41.9 Å². The van der Waals surface area contributed by atoms with Crippen LogP contribution in [0.1, 0.15) is 6.42 Å². The zero-order valence-electron chi connectivity index (χ0n) is 8.96. The van der Waals surface area contributed by atoms with Crippen molar-refractivity contribution in [2.45, 2.75) is 10.5 Å². The Morgan fingerprint density at radius 2 is 1.81 bits per heavy atom. The number of thioether (sulfide) groups is 2. The van der Waals surface area contributed by atoms with E-state index in [1.807, 2.05) is 0 Å². The third-order valence-corrected chi connectivity index (χ3v) is 10.6. The predicted octanol–water partition coefficient (Wildman–Crippen LogP) is 2.12. The number of carbonyl (C=O) groups is 1. The number of ketones is 1. The molecule has 0 aromatic heterocycles. The van der Waals surface area contributed by atoms with Gasteiger partial charge in [-0.3, -0.25) is 4.79 Å². The summed E-state index contributed by atoms with van der Waals surface area (Å²) in [6, 6.07) is 0. The molecule has 5 aliphatic carbocycles. The van der Waals surface area contributed by atoms with Crippen molar-refractivity contribution in [1.82, 2.24) is 0 Å². The maximum atomic E-state index is 12.4. The molecule has 0 N–H and O–H groups in total. The van der Waals surface area contributed by atoms with Crippen molar-refractivity contribution in [2.24, 2.45) is 47.3 Å². The van der Waals surface area contributed by atoms with Crippen LogP contribution in [0.5, 0.6) is 0 Å². The number of hydrogen-bond acceptors (Lipinski definition) is 3. The summed E-state index contributed by atoms with van der Waals surface area (Å²) in [5, 5.41) is 0. The van der Waals surface area contributed by atoms with Gasteiger partial charge in [0.1, 0.15) is 5.78 Å². The summed E-state index contributed by atoms with van der Waals surface area (Å²) >= 11 is 4.50. The molecule has 84 valence electrons. The van der Waals surface area contributed by atoms with Crippen LogP contribution in [0.2, 0.25) is 0 Å². The Balaban J connectivity index is 1.66. The van der Waals surface area contributed by atoms with Crippen molar-refractivity contribution in [2.75, 3.05) is 11.5 Å². The topological polar surface area (TPSA) is 17.1 Å². The van der Waals surface area contributed by atoms with Crippen LogP contribution in [-0.2, 0) is 4.79 Å². The molecule has 3 heteroatoms. The van der Waals surface area contributed by atoms with Crippen molar-refractivity contribution < 1.29 is 4.79 Å². The highest BCUT2D eigenvalue weighted by molar-refractivity contribution is 8.21. The largest absolute Gasteiger partial charge is 0.299 e. The van der Waals surface area contributed by atoms with E-state index in [-0.39, 0.29) is 0 Å². The van der Waals surface area contributed by atoms with Crippen LogP contribution >= 0.6 is 23.5 Å². The van der Waals surface area contributed by atoms with Gasteiger partial charge in [0, 0.05) is 23.3 Å². The van der Waals surface area contributed by atoms with Gasteiger partial charge < -0.3 is 0 Å².